The summed E-state index contributed by atoms with van der Waals surface area (Å²) in [6, 6.07) is 12.7. The molecule has 2 rings (SSSR count). The Hall–Kier alpha value is -2.02. The maximum absolute atomic E-state index is 12.3. The molecule has 0 radical (unpaired) electrons. The molecule has 1 saturated heterocycles. The van der Waals surface area contributed by atoms with E-state index in [9.17, 15) is 4.79 Å². The molecule has 0 spiro atoms. The lowest BCUT2D eigenvalue weighted by molar-refractivity contribution is 0.176. The normalized spacial score (nSPS) is 16.9. The van der Waals surface area contributed by atoms with Crippen molar-refractivity contribution in [2.24, 2.45) is 17.8 Å². The molecule has 0 bridgehead atoms. The van der Waals surface area contributed by atoms with E-state index in [1.807, 2.05) is 11.0 Å². The maximum Gasteiger partial charge on any atom is 0.317 e. The summed E-state index contributed by atoms with van der Waals surface area (Å²) >= 11 is 0. The minimum Gasteiger partial charge on any atom is -0.338 e. The Morgan fingerprint density at radius 3 is 2.52 bits per heavy atom. The molecule has 23 heavy (non-hydrogen) atoms. The number of carbonyl (C=O) groups is 1. The molecule has 0 saturated carbocycles. The number of hydrogen-bond donors (Lipinski definition) is 1. The molecule has 1 aliphatic heterocycles. The van der Waals surface area contributed by atoms with Crippen LogP contribution in [0.5, 0.6) is 0 Å². The molecule has 1 N–H and O–H groups in total. The number of nitriles is 1. The Balaban J connectivity index is 1.82. The average molecular weight is 313 g/mol. The summed E-state index contributed by atoms with van der Waals surface area (Å²) in [6.45, 7) is 6.49. The van der Waals surface area contributed by atoms with E-state index in [-0.39, 0.29) is 11.9 Å². The van der Waals surface area contributed by atoms with Crippen molar-refractivity contribution in [2.45, 2.75) is 33.1 Å². The molecule has 1 unspecified atom stereocenters. The van der Waals surface area contributed by atoms with Crippen LogP contribution in [0, 0.1) is 29.1 Å². The minimum absolute atomic E-state index is 0.0140. The summed E-state index contributed by atoms with van der Waals surface area (Å²) in [5.41, 5.74) is 1.32. The van der Waals surface area contributed by atoms with Gasteiger partial charge in [-0.1, -0.05) is 44.2 Å². The highest BCUT2D eigenvalue weighted by Crippen LogP contribution is 2.18. The van der Waals surface area contributed by atoms with Crippen LogP contribution in [0.4, 0.5) is 4.79 Å². The quantitative estimate of drug-likeness (QED) is 0.905. The molecule has 1 heterocycles. The van der Waals surface area contributed by atoms with E-state index in [1.165, 1.54) is 5.56 Å². The summed E-state index contributed by atoms with van der Waals surface area (Å²) in [7, 11) is 0. The zero-order chi connectivity index (χ0) is 16.7. The first-order valence-corrected chi connectivity index (χ1v) is 8.56. The highest BCUT2D eigenvalue weighted by atomic mass is 16.2. The summed E-state index contributed by atoms with van der Waals surface area (Å²) in [4.78, 5) is 14.1. The fourth-order valence-corrected chi connectivity index (χ4v) is 3.00. The largest absolute Gasteiger partial charge is 0.338 e. The lowest BCUT2D eigenvalue weighted by atomic mass is 9.89. The third-order valence-electron chi connectivity index (χ3n) is 4.76. The summed E-state index contributed by atoms with van der Waals surface area (Å²) in [5.74, 6) is 1.05. The van der Waals surface area contributed by atoms with Gasteiger partial charge in [-0.3, -0.25) is 0 Å². The van der Waals surface area contributed by atoms with Gasteiger partial charge in [-0.15, -0.1) is 0 Å². The lowest BCUT2D eigenvalue weighted by Crippen LogP contribution is -2.46. The maximum atomic E-state index is 12.3. The Morgan fingerprint density at radius 2 is 1.96 bits per heavy atom. The van der Waals surface area contributed by atoms with Gasteiger partial charge < -0.3 is 10.2 Å². The van der Waals surface area contributed by atoms with Gasteiger partial charge in [0.15, 0.2) is 0 Å². The average Bonchev–Trinajstić information content (AvgIpc) is 2.59. The van der Waals surface area contributed by atoms with Gasteiger partial charge in [-0.2, -0.15) is 5.26 Å². The van der Waals surface area contributed by atoms with Crippen LogP contribution in [0.2, 0.25) is 0 Å². The van der Waals surface area contributed by atoms with Crippen molar-refractivity contribution >= 4 is 6.03 Å². The van der Waals surface area contributed by atoms with Crippen molar-refractivity contribution in [2.75, 3.05) is 19.6 Å². The molecule has 0 aromatic heterocycles. The van der Waals surface area contributed by atoms with Crippen molar-refractivity contribution < 1.29 is 4.79 Å². The second-order valence-corrected chi connectivity index (χ2v) is 6.77. The summed E-state index contributed by atoms with van der Waals surface area (Å²) in [6.07, 6.45) is 2.57. The molecule has 4 heteroatoms. The molecule has 1 aromatic carbocycles. The number of urea groups is 1. The number of likely N-dealkylation sites (tertiary alicyclic amines) is 1. The number of nitrogens with one attached hydrogen (secondary N) is 1. The highest BCUT2D eigenvalue weighted by molar-refractivity contribution is 5.74. The molecule has 4 nitrogen and oxygen atoms in total. The first kappa shape index (κ1) is 17.3. The van der Waals surface area contributed by atoms with Crippen LogP contribution in [-0.4, -0.2) is 30.6 Å². The highest BCUT2D eigenvalue weighted by Gasteiger charge is 2.23. The van der Waals surface area contributed by atoms with Crippen molar-refractivity contribution in [3.63, 3.8) is 0 Å². The number of nitrogens with zero attached hydrogens (tertiary/aromatic N) is 2. The van der Waals surface area contributed by atoms with E-state index < -0.39 is 0 Å². The second-order valence-electron chi connectivity index (χ2n) is 6.77. The van der Waals surface area contributed by atoms with Crippen LogP contribution in [0.25, 0.3) is 0 Å². The monoisotopic (exact) mass is 313 g/mol. The van der Waals surface area contributed by atoms with Crippen molar-refractivity contribution in [1.82, 2.24) is 10.2 Å². The van der Waals surface area contributed by atoms with E-state index in [0.717, 1.165) is 19.3 Å². The number of hydrogen-bond acceptors (Lipinski definition) is 2. The number of rotatable bonds is 5. The third-order valence-corrected chi connectivity index (χ3v) is 4.76. The molecule has 1 fully saturated rings. The Kier molecular flexibility index (Phi) is 6.46. The molecule has 0 aliphatic carbocycles. The predicted molar refractivity (Wildman–Crippen MR) is 91.8 cm³/mol. The van der Waals surface area contributed by atoms with Crippen LogP contribution in [0.3, 0.4) is 0 Å². The van der Waals surface area contributed by atoms with E-state index >= 15 is 0 Å². The fourth-order valence-electron chi connectivity index (χ4n) is 3.00. The molecular weight excluding hydrogens is 286 g/mol. The zero-order valence-corrected chi connectivity index (χ0v) is 14.2. The van der Waals surface area contributed by atoms with E-state index in [2.05, 4.69) is 49.5 Å². The van der Waals surface area contributed by atoms with Crippen LogP contribution >= 0.6 is 0 Å². The SMILES string of the molecule is CC(C)C(CNC(=O)N1CCC(C#N)CC1)Cc1ccccc1. The van der Waals surface area contributed by atoms with Crippen LogP contribution < -0.4 is 5.32 Å². The van der Waals surface area contributed by atoms with Gasteiger partial charge in [0.05, 0.1) is 6.07 Å². The smallest absolute Gasteiger partial charge is 0.317 e. The van der Waals surface area contributed by atoms with Gasteiger partial charge in [0.1, 0.15) is 0 Å². The van der Waals surface area contributed by atoms with Crippen molar-refractivity contribution in [3.05, 3.63) is 35.9 Å². The summed E-state index contributed by atoms with van der Waals surface area (Å²) < 4.78 is 0. The Morgan fingerprint density at radius 1 is 1.30 bits per heavy atom. The first-order valence-electron chi connectivity index (χ1n) is 8.56. The van der Waals surface area contributed by atoms with Crippen LogP contribution in [0.15, 0.2) is 30.3 Å². The van der Waals surface area contributed by atoms with Gasteiger partial charge in [-0.25, -0.2) is 4.79 Å². The van der Waals surface area contributed by atoms with Gasteiger partial charge in [0.2, 0.25) is 0 Å². The molecule has 1 atom stereocenters. The number of benzene rings is 1. The second kappa shape index (κ2) is 8.57. The first-order chi connectivity index (χ1) is 11.1. The number of carbonyl (C=O) groups excluding carboxylic acids is 1. The van der Waals surface area contributed by atoms with Crippen LogP contribution in [0.1, 0.15) is 32.3 Å². The third kappa shape index (κ3) is 5.28. The zero-order valence-electron chi connectivity index (χ0n) is 14.2. The van der Waals surface area contributed by atoms with E-state index in [1.54, 1.807) is 0 Å². The number of amides is 2. The van der Waals surface area contributed by atoms with E-state index in [4.69, 9.17) is 5.26 Å². The van der Waals surface area contributed by atoms with Gasteiger partial charge >= 0.3 is 6.03 Å². The van der Waals surface area contributed by atoms with Crippen LogP contribution in [-0.2, 0) is 6.42 Å². The van der Waals surface area contributed by atoms with Gasteiger partial charge in [0, 0.05) is 25.6 Å². The number of piperidine rings is 1. The van der Waals surface area contributed by atoms with Gasteiger partial charge in [-0.05, 0) is 36.7 Å². The van der Waals surface area contributed by atoms with Crippen molar-refractivity contribution in [3.8, 4) is 6.07 Å². The summed E-state index contributed by atoms with van der Waals surface area (Å²) in [5, 5.41) is 12.0. The predicted octanol–water partition coefficient (Wildman–Crippen LogP) is 3.45. The molecule has 124 valence electrons. The minimum atomic E-state index is 0.0140. The topological polar surface area (TPSA) is 56.1 Å². The molecule has 2 amide bonds. The van der Waals surface area contributed by atoms with Gasteiger partial charge in [0.25, 0.3) is 0 Å². The molecule has 1 aromatic rings. The van der Waals surface area contributed by atoms with E-state index in [0.29, 0.717) is 31.5 Å². The standard InChI is InChI=1S/C19H27N3O/c1-15(2)18(12-16-6-4-3-5-7-16)14-21-19(23)22-10-8-17(13-20)9-11-22/h3-7,15,17-18H,8-12,14H2,1-2H3,(H,21,23). The Labute approximate surface area is 139 Å². The van der Waals surface area contributed by atoms with Crippen molar-refractivity contribution in [1.29, 1.82) is 5.26 Å². The molecule has 1 aliphatic rings. The Bertz CT molecular complexity index is 527. The lowest BCUT2D eigenvalue weighted by Gasteiger charge is -2.30. The molecular formula is C19H27N3O. The fraction of sp³-hybridized carbons (Fsp3) is 0.579.